The maximum atomic E-state index is 15.9. The zero-order chi connectivity index (χ0) is 55.3. The van der Waals surface area contributed by atoms with E-state index in [1.807, 2.05) is 114 Å². The minimum absolute atomic E-state index is 0.0119. The maximum absolute atomic E-state index is 15.9. The molecule has 0 unspecified atom stereocenters. The van der Waals surface area contributed by atoms with Crippen LogP contribution in [0.4, 0.5) is 0 Å². The van der Waals surface area contributed by atoms with Crippen LogP contribution >= 0.6 is 0 Å². The molecule has 6 N–H and O–H groups in total. The molecule has 2 aliphatic heterocycles. The molecule has 9 atom stereocenters. The van der Waals surface area contributed by atoms with Gasteiger partial charge in [-0.25, -0.2) is 0 Å². The SMILES string of the molecule is CN[C@@H](C)C(=O)N[C@H](C(=O)N1C[C@@H](NC(=O)C2(CN(C(=O)[C@@H]3Cc4ccccc4CN3C(=O)[C@@H](NC(=O)[C@H](C)NC)C(C)(C)C)[C@H](COC)c3ccccc3)CC2)C[C@H]1C(=O)N[C@@H]1CCCc2ccccc21)C(C)(C)C. The quantitative estimate of drug-likeness (QED) is 0.0991. The molecule has 17 heteroatoms. The average Bonchev–Trinajstić information content (AvgIpc) is 4.10. The highest BCUT2D eigenvalue weighted by Gasteiger charge is 2.55. The van der Waals surface area contributed by atoms with Gasteiger partial charge in [0.15, 0.2) is 0 Å². The van der Waals surface area contributed by atoms with Gasteiger partial charge in [0.25, 0.3) is 0 Å². The highest BCUT2D eigenvalue weighted by molar-refractivity contribution is 5.96. The van der Waals surface area contributed by atoms with Crippen molar-refractivity contribution in [3.63, 3.8) is 0 Å². The first kappa shape index (κ1) is 57.5. The third kappa shape index (κ3) is 13.0. The molecular formula is C59H83N9O8. The Hall–Kier alpha value is -6.17. The second-order valence-corrected chi connectivity index (χ2v) is 23.8. The molecule has 1 saturated carbocycles. The van der Waals surface area contributed by atoms with Crippen molar-refractivity contribution in [1.82, 2.24) is 46.6 Å². The van der Waals surface area contributed by atoms with Crippen molar-refractivity contribution in [2.24, 2.45) is 16.2 Å². The Morgan fingerprint density at radius 2 is 1.26 bits per heavy atom. The predicted octanol–water partition coefficient (Wildman–Crippen LogP) is 4.49. The minimum atomic E-state index is -1.06. The lowest BCUT2D eigenvalue weighted by Gasteiger charge is -2.44. The van der Waals surface area contributed by atoms with E-state index >= 15 is 14.4 Å². The summed E-state index contributed by atoms with van der Waals surface area (Å²) in [6, 6.07) is 18.6. The molecule has 412 valence electrons. The van der Waals surface area contributed by atoms with Gasteiger partial charge >= 0.3 is 0 Å². The summed E-state index contributed by atoms with van der Waals surface area (Å²) in [6.07, 6.45) is 3.77. The van der Waals surface area contributed by atoms with Crippen molar-refractivity contribution in [3.05, 3.63) is 107 Å². The van der Waals surface area contributed by atoms with Gasteiger partial charge in [0.1, 0.15) is 24.2 Å². The highest BCUT2D eigenvalue weighted by atomic mass is 16.5. The smallest absolute Gasteiger partial charge is 0.246 e. The maximum Gasteiger partial charge on any atom is 0.246 e. The molecule has 7 amide bonds. The number of rotatable bonds is 19. The molecule has 3 aromatic rings. The van der Waals surface area contributed by atoms with E-state index in [1.54, 1.807) is 44.9 Å². The van der Waals surface area contributed by atoms with Crippen molar-refractivity contribution in [2.45, 2.75) is 161 Å². The normalized spacial score (nSPS) is 21.8. The van der Waals surface area contributed by atoms with Crippen LogP contribution in [0.25, 0.3) is 0 Å². The Labute approximate surface area is 449 Å². The fourth-order valence-electron chi connectivity index (χ4n) is 11.0. The number of aryl methyl sites for hydroxylation is 1. The molecular weight excluding hydrogens is 963 g/mol. The molecule has 4 aliphatic rings. The number of ether oxygens (including phenoxy) is 1. The van der Waals surface area contributed by atoms with Gasteiger partial charge < -0.3 is 51.3 Å². The van der Waals surface area contributed by atoms with Crippen molar-refractivity contribution in [3.8, 4) is 0 Å². The number of carbonyl (C=O) groups is 7. The molecule has 7 rings (SSSR count). The van der Waals surface area contributed by atoms with Gasteiger partial charge in [0.2, 0.25) is 41.4 Å². The van der Waals surface area contributed by atoms with Gasteiger partial charge in [0, 0.05) is 39.2 Å². The van der Waals surface area contributed by atoms with Gasteiger partial charge in [-0.1, -0.05) is 120 Å². The Balaban J connectivity index is 1.21. The lowest BCUT2D eigenvalue weighted by molar-refractivity contribution is -0.154. The highest BCUT2D eigenvalue weighted by Crippen LogP contribution is 2.48. The lowest BCUT2D eigenvalue weighted by Crippen LogP contribution is -2.62. The van der Waals surface area contributed by atoms with E-state index in [2.05, 4.69) is 38.0 Å². The summed E-state index contributed by atoms with van der Waals surface area (Å²) in [6.45, 7) is 14.9. The third-order valence-corrected chi connectivity index (χ3v) is 16.2. The van der Waals surface area contributed by atoms with Crippen LogP contribution in [0.5, 0.6) is 0 Å². The molecule has 0 aromatic heterocycles. The van der Waals surface area contributed by atoms with Crippen LogP contribution in [0.15, 0.2) is 78.9 Å². The Morgan fingerprint density at radius 3 is 1.83 bits per heavy atom. The fraction of sp³-hybridized carbons (Fsp3) is 0.576. The van der Waals surface area contributed by atoms with Crippen LogP contribution in [0.1, 0.15) is 127 Å². The van der Waals surface area contributed by atoms with E-state index in [0.29, 0.717) is 12.8 Å². The van der Waals surface area contributed by atoms with Crippen LogP contribution in [0, 0.1) is 16.2 Å². The number of likely N-dealkylation sites (N-methyl/N-ethyl adjacent to an activating group) is 2. The van der Waals surface area contributed by atoms with Gasteiger partial charge in [-0.15, -0.1) is 0 Å². The molecule has 2 fully saturated rings. The molecule has 2 heterocycles. The molecule has 1 saturated heterocycles. The number of carbonyl (C=O) groups excluding carboxylic acids is 7. The molecule has 17 nitrogen and oxygen atoms in total. The minimum Gasteiger partial charge on any atom is -0.382 e. The second kappa shape index (κ2) is 24.0. The standard InChI is InChI=1S/C59H83N9O8/c1-36(60-9)50(69)64-48(57(3,4)5)54(73)66-32-41-24-16-15-23-40(41)30-46(66)53(72)68(47(34-76-11)39-21-13-12-14-22-39)35-59(28-29-59)56(75)62-42-31-45(52(71)63-44-27-19-25-38-20-17-18-26-43(38)44)67(33-42)55(74)49(58(6,7)8)65-51(70)37(2)61-10/h12-18,20-24,26,36-37,42,44-49,60-61H,19,25,27-35H2,1-11H3,(H,62,75)(H,63,71)(H,64,69)(H,65,70)/t36-,37-,42-,44+,45-,46-,47+,48+,49+/m0/s1. The largest absolute Gasteiger partial charge is 0.382 e. The molecule has 2 aliphatic carbocycles. The van der Waals surface area contributed by atoms with E-state index < -0.39 is 76.4 Å². The first-order valence-corrected chi connectivity index (χ1v) is 27.2. The second-order valence-electron chi connectivity index (χ2n) is 23.8. The molecule has 0 bridgehead atoms. The summed E-state index contributed by atoms with van der Waals surface area (Å²) in [5, 5.41) is 18.4. The summed E-state index contributed by atoms with van der Waals surface area (Å²) in [7, 11) is 4.91. The Morgan fingerprint density at radius 1 is 0.711 bits per heavy atom. The van der Waals surface area contributed by atoms with Crippen molar-refractivity contribution in [2.75, 3.05) is 40.9 Å². The van der Waals surface area contributed by atoms with Crippen molar-refractivity contribution in [1.29, 1.82) is 0 Å². The summed E-state index contributed by atoms with van der Waals surface area (Å²) >= 11 is 0. The van der Waals surface area contributed by atoms with Crippen LogP contribution in [-0.4, -0.2) is 139 Å². The predicted molar refractivity (Wildman–Crippen MR) is 291 cm³/mol. The third-order valence-electron chi connectivity index (χ3n) is 16.2. The number of nitrogens with zero attached hydrogens (tertiary/aromatic N) is 3. The zero-order valence-electron chi connectivity index (χ0n) is 46.6. The monoisotopic (exact) mass is 1050 g/mol. The van der Waals surface area contributed by atoms with Crippen LogP contribution in [-0.2, 0) is 57.7 Å². The van der Waals surface area contributed by atoms with Crippen LogP contribution in [0.2, 0.25) is 0 Å². The van der Waals surface area contributed by atoms with Gasteiger partial charge in [-0.3, -0.25) is 33.6 Å². The van der Waals surface area contributed by atoms with Gasteiger partial charge in [-0.2, -0.15) is 0 Å². The first-order chi connectivity index (χ1) is 36.0. The van der Waals surface area contributed by atoms with E-state index in [9.17, 15) is 19.2 Å². The van der Waals surface area contributed by atoms with Crippen LogP contribution < -0.4 is 31.9 Å². The summed E-state index contributed by atoms with van der Waals surface area (Å²) < 4.78 is 5.87. The lowest BCUT2D eigenvalue weighted by atomic mass is 9.84. The number of benzene rings is 3. The average molecular weight is 1050 g/mol. The summed E-state index contributed by atoms with van der Waals surface area (Å²) in [5.74, 6) is -2.54. The van der Waals surface area contributed by atoms with Gasteiger partial charge in [0.05, 0.1) is 36.2 Å². The van der Waals surface area contributed by atoms with Gasteiger partial charge in [-0.05, 0) is 105 Å². The number of amides is 7. The van der Waals surface area contributed by atoms with Crippen LogP contribution in [0.3, 0.4) is 0 Å². The molecule has 76 heavy (non-hydrogen) atoms. The van der Waals surface area contributed by atoms with E-state index in [1.165, 1.54) is 10.5 Å². The van der Waals surface area contributed by atoms with E-state index in [4.69, 9.17) is 4.74 Å². The van der Waals surface area contributed by atoms with Crippen molar-refractivity contribution < 1.29 is 38.3 Å². The first-order valence-electron chi connectivity index (χ1n) is 27.2. The Kier molecular flexibility index (Phi) is 18.2. The van der Waals surface area contributed by atoms with E-state index in [0.717, 1.165) is 41.5 Å². The Bertz CT molecular complexity index is 2590. The number of fused-ring (bicyclic) bond motifs is 2. The molecule has 3 aromatic carbocycles. The number of likely N-dealkylation sites (tertiary alicyclic amines) is 1. The topological polar surface area (TPSA) is 211 Å². The number of nitrogens with one attached hydrogen (secondary N) is 6. The summed E-state index contributed by atoms with van der Waals surface area (Å²) in [5.41, 5.74) is 2.27. The van der Waals surface area contributed by atoms with E-state index in [-0.39, 0.29) is 74.7 Å². The zero-order valence-corrected chi connectivity index (χ0v) is 46.6. The molecule has 0 spiro atoms. The number of hydrogen-bond donors (Lipinski definition) is 6. The summed E-state index contributed by atoms with van der Waals surface area (Å²) in [4.78, 5) is 108. The fourth-order valence-corrected chi connectivity index (χ4v) is 11.0. The number of methoxy groups -OCH3 is 1. The van der Waals surface area contributed by atoms with Crippen molar-refractivity contribution >= 4 is 41.4 Å². The molecule has 0 radical (unpaired) electrons. The number of hydrogen-bond acceptors (Lipinski definition) is 10.